The van der Waals surface area contributed by atoms with Crippen molar-refractivity contribution in [1.82, 2.24) is 0 Å². The van der Waals surface area contributed by atoms with Crippen LogP contribution in [-0.4, -0.2) is 0 Å². The monoisotopic (exact) mass is 596 g/mol. The van der Waals surface area contributed by atoms with Crippen LogP contribution >= 0.6 is 0 Å². The normalized spacial score (nSPS) is 18.4. The fraction of sp³-hybridized carbons (Fsp3) is 0.304. The van der Waals surface area contributed by atoms with E-state index in [0.717, 1.165) is 25.2 Å². The van der Waals surface area contributed by atoms with Crippen molar-refractivity contribution in [1.29, 1.82) is 0 Å². The van der Waals surface area contributed by atoms with Gasteiger partial charge in [0.15, 0.2) is 0 Å². The predicted molar refractivity (Wildman–Crippen MR) is 196 cm³/mol. The molecule has 1 saturated carbocycles. The van der Waals surface area contributed by atoms with Crippen molar-refractivity contribution in [3.63, 3.8) is 0 Å². The average Bonchev–Trinajstić information content (AvgIpc) is 3.82. The summed E-state index contributed by atoms with van der Waals surface area (Å²) < 4.78 is 0. The summed E-state index contributed by atoms with van der Waals surface area (Å²) in [4.78, 5) is 0. The second kappa shape index (κ2) is 10.4. The molecule has 0 spiro atoms. The minimum absolute atomic E-state index is 0.115. The topological polar surface area (TPSA) is 0 Å². The zero-order chi connectivity index (χ0) is 31.2. The molecule has 3 aliphatic carbocycles. The average molecular weight is 597 g/mol. The number of hydrogen-bond donors (Lipinski definition) is 0. The standard InChI is InChI=1S/C46H44/c1-5-29(3)32-12-20-38-35(26-32)27-43-37-18-10-30(24-34(37)13-21-40(38)43)7-6-8-31-11-19-41-42-22-14-33-23-28(2)9-17-39(33)45(42)46(4,36-15-16-36)44(41)25-31/h9-14,17-26,29,36H,5-8,15-16,27H2,1-4H3. The number of hydrogen-bond acceptors (Lipinski definition) is 0. The second-order valence-electron chi connectivity index (χ2n) is 15.0. The van der Waals surface area contributed by atoms with E-state index in [1.54, 1.807) is 11.1 Å². The van der Waals surface area contributed by atoms with E-state index in [2.05, 4.69) is 125 Å². The third-order valence-electron chi connectivity index (χ3n) is 12.1. The van der Waals surface area contributed by atoms with Crippen LogP contribution in [0.15, 0.2) is 97.1 Å². The first-order valence-electron chi connectivity index (χ1n) is 17.8. The Hall–Kier alpha value is -4.16. The van der Waals surface area contributed by atoms with Crippen LogP contribution in [0.5, 0.6) is 0 Å². The van der Waals surface area contributed by atoms with Gasteiger partial charge in [0.05, 0.1) is 0 Å². The highest BCUT2D eigenvalue weighted by molar-refractivity contribution is 5.98. The molecule has 9 rings (SSSR count). The summed E-state index contributed by atoms with van der Waals surface area (Å²) in [6.45, 7) is 9.39. The maximum Gasteiger partial charge on any atom is 0.0221 e. The summed E-state index contributed by atoms with van der Waals surface area (Å²) in [6.07, 6.45) is 8.36. The minimum atomic E-state index is 0.115. The summed E-state index contributed by atoms with van der Waals surface area (Å²) in [5.41, 5.74) is 17.9. The lowest BCUT2D eigenvalue weighted by Gasteiger charge is -2.29. The molecule has 0 amide bonds. The molecule has 0 N–H and O–H groups in total. The molecule has 2 unspecified atom stereocenters. The van der Waals surface area contributed by atoms with Crippen LogP contribution in [-0.2, 0) is 24.7 Å². The first-order chi connectivity index (χ1) is 22.4. The van der Waals surface area contributed by atoms with Gasteiger partial charge in [0.1, 0.15) is 0 Å². The SMILES string of the molecule is CCC(C)c1ccc2c(c1)Cc1c-2ccc2cc(CCCc3ccc4c(c3)C(C)(C3CC3)c3c-4ccc4cc(C)ccc34)ccc12. The van der Waals surface area contributed by atoms with Crippen LogP contribution in [0.1, 0.15) is 96.9 Å². The summed E-state index contributed by atoms with van der Waals surface area (Å²) in [7, 11) is 0. The molecule has 0 radical (unpaired) electrons. The zero-order valence-corrected chi connectivity index (χ0v) is 27.8. The number of benzene rings is 6. The van der Waals surface area contributed by atoms with Gasteiger partial charge in [-0.1, -0.05) is 123 Å². The maximum absolute atomic E-state index is 2.59. The molecule has 6 aromatic carbocycles. The molecule has 3 aliphatic rings. The molecular formula is C46H44. The van der Waals surface area contributed by atoms with E-state index in [9.17, 15) is 0 Å². The summed E-state index contributed by atoms with van der Waals surface area (Å²) in [6, 6.07) is 38.4. The third-order valence-corrected chi connectivity index (χ3v) is 12.1. The Morgan fingerprint density at radius 3 is 2.20 bits per heavy atom. The van der Waals surface area contributed by atoms with Gasteiger partial charge in [-0.25, -0.2) is 0 Å². The van der Waals surface area contributed by atoms with E-state index in [1.165, 1.54) is 103 Å². The first kappa shape index (κ1) is 28.1. The number of aryl methyl sites for hydroxylation is 3. The maximum atomic E-state index is 2.59. The molecule has 1 fully saturated rings. The Bertz CT molecular complexity index is 2190. The summed E-state index contributed by atoms with van der Waals surface area (Å²) >= 11 is 0. The van der Waals surface area contributed by atoms with Gasteiger partial charge in [0.2, 0.25) is 0 Å². The van der Waals surface area contributed by atoms with Crippen LogP contribution in [0.25, 0.3) is 43.8 Å². The molecule has 0 heterocycles. The smallest absolute Gasteiger partial charge is 0.0221 e. The lowest BCUT2D eigenvalue weighted by Crippen LogP contribution is -2.24. The highest BCUT2D eigenvalue weighted by atomic mass is 14.5. The first-order valence-corrected chi connectivity index (χ1v) is 17.8. The van der Waals surface area contributed by atoms with Gasteiger partial charge >= 0.3 is 0 Å². The van der Waals surface area contributed by atoms with Gasteiger partial charge in [-0.15, -0.1) is 0 Å². The zero-order valence-electron chi connectivity index (χ0n) is 27.8. The van der Waals surface area contributed by atoms with Gasteiger partial charge in [-0.05, 0) is 146 Å². The highest BCUT2D eigenvalue weighted by Crippen LogP contribution is 2.61. The van der Waals surface area contributed by atoms with Gasteiger partial charge in [-0.3, -0.25) is 0 Å². The van der Waals surface area contributed by atoms with E-state index in [0.29, 0.717) is 5.92 Å². The van der Waals surface area contributed by atoms with Crippen molar-refractivity contribution in [3.8, 4) is 22.3 Å². The molecule has 0 aromatic heterocycles. The fourth-order valence-corrected chi connectivity index (χ4v) is 9.16. The molecule has 0 bridgehead atoms. The summed E-state index contributed by atoms with van der Waals surface area (Å²) in [5.74, 6) is 1.37. The molecule has 0 heteroatoms. The van der Waals surface area contributed by atoms with Crippen molar-refractivity contribution in [2.24, 2.45) is 5.92 Å². The Balaban J connectivity index is 0.955. The lowest BCUT2D eigenvalue weighted by molar-refractivity contribution is 0.511. The minimum Gasteiger partial charge on any atom is -0.0648 e. The van der Waals surface area contributed by atoms with Crippen LogP contribution < -0.4 is 0 Å². The van der Waals surface area contributed by atoms with Crippen LogP contribution in [0.2, 0.25) is 0 Å². The van der Waals surface area contributed by atoms with Gasteiger partial charge in [-0.2, -0.15) is 0 Å². The highest BCUT2D eigenvalue weighted by Gasteiger charge is 2.50. The molecule has 0 nitrogen and oxygen atoms in total. The predicted octanol–water partition coefficient (Wildman–Crippen LogP) is 12.3. The molecule has 228 valence electrons. The molecule has 46 heavy (non-hydrogen) atoms. The number of fused-ring (bicyclic) bond motifs is 10. The Kier molecular flexibility index (Phi) is 6.37. The van der Waals surface area contributed by atoms with E-state index >= 15 is 0 Å². The van der Waals surface area contributed by atoms with E-state index in [4.69, 9.17) is 0 Å². The van der Waals surface area contributed by atoms with E-state index < -0.39 is 0 Å². The van der Waals surface area contributed by atoms with Gasteiger partial charge in [0.25, 0.3) is 0 Å². The van der Waals surface area contributed by atoms with Crippen molar-refractivity contribution in [2.45, 2.75) is 84.0 Å². The quantitative estimate of drug-likeness (QED) is 0.172. The fourth-order valence-electron chi connectivity index (χ4n) is 9.16. The Morgan fingerprint density at radius 2 is 1.39 bits per heavy atom. The second-order valence-corrected chi connectivity index (χ2v) is 15.0. The molecular weight excluding hydrogens is 553 g/mol. The molecule has 0 saturated heterocycles. The lowest BCUT2D eigenvalue weighted by atomic mass is 9.74. The van der Waals surface area contributed by atoms with Crippen LogP contribution in [0, 0.1) is 12.8 Å². The van der Waals surface area contributed by atoms with Gasteiger partial charge in [0, 0.05) is 5.41 Å². The Morgan fingerprint density at radius 1 is 0.696 bits per heavy atom. The molecule has 2 atom stereocenters. The van der Waals surface area contributed by atoms with Crippen LogP contribution in [0.4, 0.5) is 0 Å². The van der Waals surface area contributed by atoms with Crippen molar-refractivity contribution in [2.75, 3.05) is 0 Å². The van der Waals surface area contributed by atoms with E-state index in [-0.39, 0.29) is 5.41 Å². The largest absolute Gasteiger partial charge is 0.0648 e. The third kappa shape index (κ3) is 4.26. The van der Waals surface area contributed by atoms with Crippen molar-refractivity contribution < 1.29 is 0 Å². The van der Waals surface area contributed by atoms with Gasteiger partial charge < -0.3 is 0 Å². The molecule has 0 aliphatic heterocycles. The van der Waals surface area contributed by atoms with Crippen molar-refractivity contribution >= 4 is 21.5 Å². The van der Waals surface area contributed by atoms with Crippen LogP contribution in [0.3, 0.4) is 0 Å². The molecule has 6 aromatic rings. The summed E-state index contributed by atoms with van der Waals surface area (Å²) in [5, 5.41) is 5.67. The number of rotatable bonds is 7. The van der Waals surface area contributed by atoms with E-state index in [1.807, 2.05) is 0 Å². The Labute approximate surface area is 274 Å². The van der Waals surface area contributed by atoms with Crippen molar-refractivity contribution in [3.05, 3.63) is 142 Å².